The first-order chi connectivity index (χ1) is 9.15. The molecule has 0 aliphatic carbocycles. The molecule has 3 nitrogen and oxygen atoms in total. The maximum Gasteiger partial charge on any atom is 0.319 e. The van der Waals surface area contributed by atoms with Crippen LogP contribution in [0.2, 0.25) is 0 Å². The average Bonchev–Trinajstić information content (AvgIpc) is 2.42. The summed E-state index contributed by atoms with van der Waals surface area (Å²) in [5.41, 5.74) is 2.94. The van der Waals surface area contributed by atoms with Gasteiger partial charge in [0.2, 0.25) is 0 Å². The van der Waals surface area contributed by atoms with Crippen molar-refractivity contribution in [3.8, 4) is 0 Å². The second-order valence-electron chi connectivity index (χ2n) is 4.28. The summed E-state index contributed by atoms with van der Waals surface area (Å²) in [5.74, 6) is 0. The largest absolute Gasteiger partial charge is 0.334 e. The van der Waals surface area contributed by atoms with Gasteiger partial charge in [0.1, 0.15) is 0 Å². The number of hydrogen-bond acceptors (Lipinski definition) is 1. The number of carbonyl (C=O) groups excluding carboxylic acids is 1. The number of rotatable bonds is 3. The lowest BCUT2D eigenvalue weighted by Gasteiger charge is -2.10. The summed E-state index contributed by atoms with van der Waals surface area (Å²) in [7, 11) is 0. The van der Waals surface area contributed by atoms with Crippen molar-refractivity contribution in [2.45, 2.75) is 13.5 Å². The highest BCUT2D eigenvalue weighted by atomic mass is 79.9. The van der Waals surface area contributed by atoms with E-state index in [1.165, 1.54) is 0 Å². The number of benzene rings is 2. The Morgan fingerprint density at radius 1 is 1.16 bits per heavy atom. The van der Waals surface area contributed by atoms with Crippen molar-refractivity contribution in [3.05, 3.63) is 64.1 Å². The summed E-state index contributed by atoms with van der Waals surface area (Å²) < 4.78 is 0.868. The number of anilines is 1. The van der Waals surface area contributed by atoms with Crippen LogP contribution in [0.1, 0.15) is 11.1 Å². The topological polar surface area (TPSA) is 41.1 Å². The number of nitrogens with one attached hydrogen (secondary N) is 2. The molecule has 2 N–H and O–H groups in total. The average molecular weight is 319 g/mol. The predicted octanol–water partition coefficient (Wildman–Crippen LogP) is 4.08. The fourth-order valence-corrected chi connectivity index (χ4v) is 2.03. The summed E-state index contributed by atoms with van der Waals surface area (Å²) in [5, 5.41) is 5.65. The highest BCUT2D eigenvalue weighted by Crippen LogP contribution is 2.23. The van der Waals surface area contributed by atoms with E-state index in [9.17, 15) is 4.79 Å². The summed E-state index contributed by atoms with van der Waals surface area (Å²) in [4.78, 5) is 11.8. The van der Waals surface area contributed by atoms with E-state index in [-0.39, 0.29) is 6.03 Å². The molecule has 0 atom stereocenters. The van der Waals surface area contributed by atoms with Crippen molar-refractivity contribution in [3.63, 3.8) is 0 Å². The minimum absolute atomic E-state index is 0.213. The summed E-state index contributed by atoms with van der Waals surface area (Å²) >= 11 is 3.41. The van der Waals surface area contributed by atoms with Crippen LogP contribution >= 0.6 is 15.9 Å². The second-order valence-corrected chi connectivity index (χ2v) is 5.13. The minimum atomic E-state index is -0.213. The zero-order chi connectivity index (χ0) is 13.7. The van der Waals surface area contributed by atoms with Crippen LogP contribution in [0.15, 0.2) is 53.0 Å². The Morgan fingerprint density at radius 2 is 1.89 bits per heavy atom. The van der Waals surface area contributed by atoms with Crippen LogP contribution in [0.4, 0.5) is 10.5 Å². The molecule has 0 saturated carbocycles. The maximum atomic E-state index is 11.8. The highest BCUT2D eigenvalue weighted by Gasteiger charge is 2.05. The molecule has 0 radical (unpaired) electrons. The molecule has 0 unspecified atom stereocenters. The van der Waals surface area contributed by atoms with E-state index in [0.717, 1.165) is 21.3 Å². The Hall–Kier alpha value is -1.81. The Morgan fingerprint density at radius 3 is 2.63 bits per heavy atom. The van der Waals surface area contributed by atoms with Gasteiger partial charge in [0.05, 0.1) is 5.69 Å². The number of halogens is 1. The van der Waals surface area contributed by atoms with E-state index < -0.39 is 0 Å². The molecule has 0 aromatic heterocycles. The molecule has 0 heterocycles. The molecule has 2 aromatic rings. The Labute approximate surface area is 121 Å². The first kappa shape index (κ1) is 13.6. The first-order valence-electron chi connectivity index (χ1n) is 6.00. The van der Waals surface area contributed by atoms with Crippen LogP contribution in [-0.2, 0) is 6.54 Å². The van der Waals surface area contributed by atoms with Crippen molar-refractivity contribution < 1.29 is 4.79 Å². The normalized spacial score (nSPS) is 10.0. The third-order valence-corrected chi connectivity index (χ3v) is 3.36. The van der Waals surface area contributed by atoms with Crippen LogP contribution in [0.3, 0.4) is 0 Å². The predicted molar refractivity (Wildman–Crippen MR) is 81.2 cm³/mol. The van der Waals surface area contributed by atoms with Gasteiger partial charge in [-0.3, -0.25) is 0 Å². The molecule has 0 fully saturated rings. The fourth-order valence-electron chi connectivity index (χ4n) is 1.68. The molecule has 98 valence electrons. The molecule has 2 amide bonds. The van der Waals surface area contributed by atoms with Crippen molar-refractivity contribution in [2.75, 3.05) is 5.32 Å². The van der Waals surface area contributed by atoms with Gasteiger partial charge in [-0.1, -0.05) is 36.4 Å². The van der Waals surface area contributed by atoms with Gasteiger partial charge in [-0.2, -0.15) is 0 Å². The van der Waals surface area contributed by atoms with Gasteiger partial charge in [-0.05, 0) is 46.1 Å². The smallest absolute Gasteiger partial charge is 0.319 e. The Kier molecular flexibility index (Phi) is 4.58. The number of urea groups is 1. The lowest BCUT2D eigenvalue weighted by Crippen LogP contribution is -2.28. The highest BCUT2D eigenvalue weighted by molar-refractivity contribution is 9.10. The van der Waals surface area contributed by atoms with E-state index in [1.54, 1.807) is 0 Å². The monoisotopic (exact) mass is 318 g/mol. The van der Waals surface area contributed by atoms with Crippen LogP contribution in [0.5, 0.6) is 0 Å². The summed E-state index contributed by atoms with van der Waals surface area (Å²) in [6, 6.07) is 15.4. The van der Waals surface area contributed by atoms with Crippen molar-refractivity contribution in [1.29, 1.82) is 0 Å². The zero-order valence-electron chi connectivity index (χ0n) is 10.6. The van der Waals surface area contributed by atoms with Crippen molar-refractivity contribution in [2.24, 2.45) is 0 Å². The van der Waals surface area contributed by atoms with Crippen LogP contribution < -0.4 is 10.6 Å². The molecule has 0 spiro atoms. The molecule has 4 heteroatoms. The number of hydrogen-bond donors (Lipinski definition) is 2. The SMILES string of the molecule is Cc1ccc(Br)c(NC(=O)NCc2ccccc2)c1. The minimum Gasteiger partial charge on any atom is -0.334 e. The standard InChI is InChI=1S/C15H15BrN2O/c1-11-7-8-13(16)14(9-11)18-15(19)17-10-12-5-3-2-4-6-12/h2-9H,10H2,1H3,(H2,17,18,19). The lowest BCUT2D eigenvalue weighted by atomic mass is 10.2. The lowest BCUT2D eigenvalue weighted by molar-refractivity contribution is 0.251. The zero-order valence-corrected chi connectivity index (χ0v) is 12.2. The summed E-state index contributed by atoms with van der Waals surface area (Å²) in [6.45, 7) is 2.50. The summed E-state index contributed by atoms with van der Waals surface area (Å²) in [6.07, 6.45) is 0. The second kappa shape index (κ2) is 6.38. The van der Waals surface area contributed by atoms with Gasteiger partial charge in [-0.15, -0.1) is 0 Å². The van der Waals surface area contributed by atoms with E-state index in [0.29, 0.717) is 6.54 Å². The van der Waals surface area contributed by atoms with Crippen LogP contribution in [0, 0.1) is 6.92 Å². The van der Waals surface area contributed by atoms with Crippen LogP contribution in [-0.4, -0.2) is 6.03 Å². The van der Waals surface area contributed by atoms with E-state index in [2.05, 4.69) is 26.6 Å². The van der Waals surface area contributed by atoms with Gasteiger partial charge < -0.3 is 10.6 Å². The number of amides is 2. The van der Waals surface area contributed by atoms with E-state index in [4.69, 9.17) is 0 Å². The van der Waals surface area contributed by atoms with E-state index in [1.807, 2.05) is 55.5 Å². The molecule has 2 rings (SSSR count). The quantitative estimate of drug-likeness (QED) is 0.879. The van der Waals surface area contributed by atoms with E-state index >= 15 is 0 Å². The van der Waals surface area contributed by atoms with Gasteiger partial charge in [-0.25, -0.2) is 4.79 Å². The molecule has 0 aliphatic heterocycles. The number of aryl methyl sites for hydroxylation is 1. The molecular weight excluding hydrogens is 304 g/mol. The third-order valence-electron chi connectivity index (χ3n) is 2.67. The van der Waals surface area contributed by atoms with Crippen molar-refractivity contribution >= 4 is 27.6 Å². The van der Waals surface area contributed by atoms with Gasteiger partial charge in [0, 0.05) is 11.0 Å². The first-order valence-corrected chi connectivity index (χ1v) is 6.79. The molecule has 0 saturated heterocycles. The fraction of sp³-hybridized carbons (Fsp3) is 0.133. The van der Waals surface area contributed by atoms with Crippen LogP contribution in [0.25, 0.3) is 0 Å². The molecule has 0 bridgehead atoms. The molecular formula is C15H15BrN2O. The number of carbonyl (C=O) groups is 1. The maximum absolute atomic E-state index is 11.8. The Balaban J connectivity index is 1.93. The van der Waals surface area contributed by atoms with Gasteiger partial charge >= 0.3 is 6.03 Å². The van der Waals surface area contributed by atoms with Crippen molar-refractivity contribution in [1.82, 2.24) is 5.32 Å². The molecule has 2 aromatic carbocycles. The molecule has 0 aliphatic rings. The third kappa shape index (κ3) is 4.10. The molecule has 19 heavy (non-hydrogen) atoms. The Bertz CT molecular complexity index is 570. The van der Waals surface area contributed by atoms with Gasteiger partial charge in [0.25, 0.3) is 0 Å². The van der Waals surface area contributed by atoms with Gasteiger partial charge in [0.15, 0.2) is 0 Å².